The number of carbonyl (C=O) groups excluding carboxylic acids is 1. The number of nitrogens with zero attached hydrogens (tertiary/aromatic N) is 1. The van der Waals surface area contributed by atoms with E-state index in [0.717, 1.165) is 0 Å². The summed E-state index contributed by atoms with van der Waals surface area (Å²) in [5.74, 6) is -0.673. The van der Waals surface area contributed by atoms with Gasteiger partial charge >= 0.3 is 0 Å². The van der Waals surface area contributed by atoms with Gasteiger partial charge in [-0.25, -0.2) is 0 Å². The average molecular weight is 307 g/mol. The molecule has 0 saturated carbocycles. The number of hydrogen-bond donors (Lipinski definition) is 2. The summed E-state index contributed by atoms with van der Waals surface area (Å²) < 4.78 is 0. The van der Waals surface area contributed by atoms with Crippen molar-refractivity contribution in [2.45, 2.75) is 6.92 Å². The number of nitro benzene ring substituents is 1. The van der Waals surface area contributed by atoms with Gasteiger partial charge in [0.1, 0.15) is 5.75 Å². The summed E-state index contributed by atoms with van der Waals surface area (Å²) in [4.78, 5) is 22.3. The number of non-ortho nitro benzene ring substituents is 1. The molecular formula is C14H11ClN2O4. The first kappa shape index (κ1) is 14.8. The molecule has 1 amide bonds. The minimum atomic E-state index is -0.558. The van der Waals surface area contributed by atoms with Gasteiger partial charge in [-0.15, -0.1) is 0 Å². The molecule has 0 aliphatic rings. The van der Waals surface area contributed by atoms with E-state index in [9.17, 15) is 20.0 Å². The van der Waals surface area contributed by atoms with Crippen LogP contribution in [0.3, 0.4) is 0 Å². The van der Waals surface area contributed by atoms with Crippen molar-refractivity contribution in [3.8, 4) is 5.75 Å². The Bertz CT molecular complexity index is 731. The fraction of sp³-hybridized carbons (Fsp3) is 0.0714. The van der Waals surface area contributed by atoms with Gasteiger partial charge in [-0.2, -0.15) is 0 Å². The number of benzene rings is 2. The second kappa shape index (κ2) is 5.80. The standard InChI is InChI=1S/C14H11ClN2O4/c1-8-4-9(6-11(5-8)17(20)21)14(19)16-10-2-3-12(15)13(18)7-10/h2-7,18H,1H3,(H,16,19). The predicted octanol–water partition coefficient (Wildman–Crippen LogP) is 3.51. The van der Waals surface area contributed by atoms with Gasteiger partial charge in [0.25, 0.3) is 11.6 Å². The third kappa shape index (κ3) is 3.49. The van der Waals surface area contributed by atoms with E-state index in [-0.39, 0.29) is 22.0 Å². The van der Waals surface area contributed by atoms with E-state index < -0.39 is 10.8 Å². The number of phenols is 1. The van der Waals surface area contributed by atoms with Crippen LogP contribution >= 0.6 is 11.6 Å². The Morgan fingerprint density at radius 2 is 2.00 bits per heavy atom. The molecule has 2 aromatic rings. The summed E-state index contributed by atoms with van der Waals surface area (Å²) in [6.07, 6.45) is 0. The van der Waals surface area contributed by atoms with Crippen LogP contribution in [-0.2, 0) is 0 Å². The second-order valence-corrected chi connectivity index (χ2v) is 4.84. The molecule has 0 aliphatic carbocycles. The molecule has 108 valence electrons. The van der Waals surface area contributed by atoms with Gasteiger partial charge < -0.3 is 10.4 Å². The van der Waals surface area contributed by atoms with Gasteiger partial charge in [0, 0.05) is 29.4 Å². The average Bonchev–Trinajstić information content (AvgIpc) is 2.42. The summed E-state index contributed by atoms with van der Waals surface area (Å²) in [6.45, 7) is 1.66. The minimum Gasteiger partial charge on any atom is -0.506 e. The third-order valence-electron chi connectivity index (χ3n) is 2.74. The summed E-state index contributed by atoms with van der Waals surface area (Å²) in [6, 6.07) is 8.36. The normalized spacial score (nSPS) is 10.2. The number of phenolic OH excluding ortho intramolecular Hbond substituents is 1. The first-order valence-corrected chi connectivity index (χ1v) is 6.30. The van der Waals surface area contributed by atoms with E-state index in [1.165, 1.54) is 36.4 Å². The van der Waals surface area contributed by atoms with Crippen LogP contribution in [0.2, 0.25) is 5.02 Å². The highest BCUT2D eigenvalue weighted by Gasteiger charge is 2.14. The predicted molar refractivity (Wildman–Crippen MR) is 78.9 cm³/mol. The number of amides is 1. The SMILES string of the molecule is Cc1cc(C(=O)Nc2ccc(Cl)c(O)c2)cc([N+](=O)[O-])c1. The van der Waals surface area contributed by atoms with E-state index >= 15 is 0 Å². The number of rotatable bonds is 3. The summed E-state index contributed by atoms with van der Waals surface area (Å²) in [5, 5.41) is 23.0. The monoisotopic (exact) mass is 306 g/mol. The highest BCUT2D eigenvalue weighted by atomic mass is 35.5. The van der Waals surface area contributed by atoms with Crippen LogP contribution in [0.25, 0.3) is 0 Å². The number of anilines is 1. The highest BCUT2D eigenvalue weighted by molar-refractivity contribution is 6.32. The Labute approximate surface area is 125 Å². The largest absolute Gasteiger partial charge is 0.506 e. The quantitative estimate of drug-likeness (QED) is 0.670. The molecule has 21 heavy (non-hydrogen) atoms. The maximum absolute atomic E-state index is 12.1. The lowest BCUT2D eigenvalue weighted by molar-refractivity contribution is -0.384. The number of hydrogen-bond acceptors (Lipinski definition) is 4. The molecule has 0 spiro atoms. The molecule has 0 unspecified atom stereocenters. The van der Waals surface area contributed by atoms with E-state index in [4.69, 9.17) is 11.6 Å². The second-order valence-electron chi connectivity index (χ2n) is 4.43. The molecule has 6 nitrogen and oxygen atoms in total. The van der Waals surface area contributed by atoms with Crippen molar-refractivity contribution in [3.05, 3.63) is 62.7 Å². The number of halogens is 1. The molecule has 0 heterocycles. The number of nitro groups is 1. The number of aromatic hydroxyl groups is 1. The maximum Gasteiger partial charge on any atom is 0.270 e. The number of carbonyl (C=O) groups is 1. The van der Waals surface area contributed by atoms with Crippen molar-refractivity contribution in [2.24, 2.45) is 0 Å². The van der Waals surface area contributed by atoms with E-state index in [2.05, 4.69) is 5.32 Å². The van der Waals surface area contributed by atoms with Crippen LogP contribution in [0.1, 0.15) is 15.9 Å². The van der Waals surface area contributed by atoms with Crippen molar-refractivity contribution in [2.75, 3.05) is 5.32 Å². The zero-order valence-corrected chi connectivity index (χ0v) is 11.7. The Morgan fingerprint density at radius 3 is 2.62 bits per heavy atom. The van der Waals surface area contributed by atoms with Gasteiger partial charge in [0.15, 0.2) is 0 Å². The van der Waals surface area contributed by atoms with Crippen LogP contribution in [0, 0.1) is 17.0 Å². The molecule has 2 N–H and O–H groups in total. The molecule has 0 aliphatic heterocycles. The van der Waals surface area contributed by atoms with E-state index in [0.29, 0.717) is 11.3 Å². The van der Waals surface area contributed by atoms with Crippen molar-refractivity contribution in [1.29, 1.82) is 0 Å². The summed E-state index contributed by atoms with van der Waals surface area (Å²) in [7, 11) is 0. The first-order chi connectivity index (χ1) is 9.86. The van der Waals surface area contributed by atoms with Crippen LogP contribution in [0.15, 0.2) is 36.4 Å². The Balaban J connectivity index is 2.27. The minimum absolute atomic E-state index is 0.154. The maximum atomic E-state index is 12.1. The molecule has 0 fully saturated rings. The molecule has 7 heteroatoms. The lowest BCUT2D eigenvalue weighted by atomic mass is 10.1. The zero-order valence-electron chi connectivity index (χ0n) is 11.0. The van der Waals surface area contributed by atoms with Gasteiger partial charge in [0.05, 0.1) is 9.95 Å². The Hall–Kier alpha value is -2.60. The fourth-order valence-corrected chi connectivity index (χ4v) is 1.91. The van der Waals surface area contributed by atoms with Crippen molar-refractivity contribution >= 4 is 28.9 Å². The molecule has 0 bridgehead atoms. The molecule has 0 saturated heterocycles. The summed E-state index contributed by atoms with van der Waals surface area (Å²) >= 11 is 5.67. The molecular weight excluding hydrogens is 296 g/mol. The van der Waals surface area contributed by atoms with Gasteiger partial charge in [-0.1, -0.05) is 11.6 Å². The Kier molecular flexibility index (Phi) is 4.09. The summed E-state index contributed by atoms with van der Waals surface area (Å²) in [5.41, 5.74) is 0.953. The van der Waals surface area contributed by atoms with E-state index in [1.807, 2.05) is 0 Å². The van der Waals surface area contributed by atoms with Crippen LogP contribution in [0.4, 0.5) is 11.4 Å². The van der Waals surface area contributed by atoms with Crippen LogP contribution in [-0.4, -0.2) is 15.9 Å². The molecule has 0 radical (unpaired) electrons. The van der Waals surface area contributed by atoms with Crippen molar-refractivity contribution in [1.82, 2.24) is 0 Å². The van der Waals surface area contributed by atoms with Crippen LogP contribution in [0.5, 0.6) is 5.75 Å². The number of nitrogens with one attached hydrogen (secondary N) is 1. The third-order valence-corrected chi connectivity index (χ3v) is 3.06. The molecule has 0 atom stereocenters. The highest BCUT2D eigenvalue weighted by Crippen LogP contribution is 2.26. The molecule has 2 aromatic carbocycles. The fourth-order valence-electron chi connectivity index (χ4n) is 1.79. The van der Waals surface area contributed by atoms with Crippen molar-refractivity contribution in [3.63, 3.8) is 0 Å². The van der Waals surface area contributed by atoms with Crippen molar-refractivity contribution < 1.29 is 14.8 Å². The van der Waals surface area contributed by atoms with Gasteiger partial charge in [-0.3, -0.25) is 14.9 Å². The van der Waals surface area contributed by atoms with Crippen LogP contribution < -0.4 is 5.32 Å². The van der Waals surface area contributed by atoms with Gasteiger partial charge in [0.2, 0.25) is 0 Å². The lowest BCUT2D eigenvalue weighted by Gasteiger charge is -2.07. The van der Waals surface area contributed by atoms with E-state index in [1.54, 1.807) is 6.92 Å². The number of aryl methyl sites for hydroxylation is 1. The molecule has 0 aromatic heterocycles. The molecule has 2 rings (SSSR count). The smallest absolute Gasteiger partial charge is 0.270 e. The topological polar surface area (TPSA) is 92.5 Å². The lowest BCUT2D eigenvalue weighted by Crippen LogP contribution is -2.12. The Morgan fingerprint density at radius 1 is 1.29 bits per heavy atom. The van der Waals surface area contributed by atoms with Gasteiger partial charge in [-0.05, 0) is 30.7 Å². The zero-order chi connectivity index (χ0) is 15.6. The first-order valence-electron chi connectivity index (χ1n) is 5.93.